The number of ether oxygens (including phenoxy) is 1. The van der Waals surface area contributed by atoms with Crippen LogP contribution in [0.1, 0.15) is 90.9 Å². The molecule has 5 rings (SSSR count). The number of cyclic esters (lactones) is 1. The van der Waals surface area contributed by atoms with E-state index in [1.165, 1.54) is 44.9 Å². The molecule has 4 saturated carbocycles. The molecule has 1 saturated heterocycles. The number of rotatable bonds is 3. The molecule has 0 aromatic rings. The zero-order chi connectivity index (χ0) is 19.5. The third kappa shape index (κ3) is 2.82. The minimum atomic E-state index is 0.0569. The summed E-state index contributed by atoms with van der Waals surface area (Å²) in [6.07, 6.45) is 14.2. The van der Waals surface area contributed by atoms with Crippen LogP contribution >= 0.6 is 0 Å². The number of Topliss-reactive ketones (excluding diaryl/α,β-unsaturated/α-hetero) is 1. The molecule has 1 aliphatic heterocycles. The minimum absolute atomic E-state index is 0.0569. The van der Waals surface area contributed by atoms with Gasteiger partial charge in [0.05, 0.1) is 12.5 Å². The van der Waals surface area contributed by atoms with Crippen LogP contribution in [0.3, 0.4) is 0 Å². The average Bonchev–Trinajstić information content (AvgIpc) is 3.23. The van der Waals surface area contributed by atoms with E-state index >= 15 is 0 Å². The largest absolute Gasteiger partial charge is 0.465 e. The van der Waals surface area contributed by atoms with E-state index in [2.05, 4.69) is 13.8 Å². The smallest absolute Gasteiger partial charge is 0.309 e. The van der Waals surface area contributed by atoms with Gasteiger partial charge in [-0.1, -0.05) is 13.8 Å². The van der Waals surface area contributed by atoms with Crippen molar-refractivity contribution in [3.05, 3.63) is 0 Å². The van der Waals surface area contributed by atoms with Crippen LogP contribution in [-0.4, -0.2) is 18.4 Å². The van der Waals surface area contributed by atoms with E-state index in [0.717, 1.165) is 55.8 Å². The highest BCUT2D eigenvalue weighted by Crippen LogP contribution is 2.67. The number of hydrogen-bond acceptors (Lipinski definition) is 3. The molecule has 0 bridgehead atoms. The lowest BCUT2D eigenvalue weighted by Crippen LogP contribution is -2.53. The molecule has 1 heterocycles. The highest BCUT2D eigenvalue weighted by molar-refractivity contribution is 5.79. The highest BCUT2D eigenvalue weighted by atomic mass is 16.5. The fraction of sp³-hybridized carbons (Fsp3) is 0.920. The van der Waals surface area contributed by atoms with Crippen molar-refractivity contribution in [1.82, 2.24) is 0 Å². The first kappa shape index (κ1) is 19.1. The maximum atomic E-state index is 12.1. The molecule has 8 unspecified atom stereocenters. The Kier molecular flexibility index (Phi) is 4.67. The molecule has 28 heavy (non-hydrogen) atoms. The predicted molar refractivity (Wildman–Crippen MR) is 109 cm³/mol. The first-order valence-electron chi connectivity index (χ1n) is 12.1. The Hall–Kier alpha value is -0.860. The quantitative estimate of drug-likeness (QED) is 0.597. The molecule has 8 atom stereocenters. The lowest BCUT2D eigenvalue weighted by Gasteiger charge is -2.60. The van der Waals surface area contributed by atoms with E-state index < -0.39 is 0 Å². The Bertz CT molecular complexity index is 656. The molecule has 156 valence electrons. The summed E-state index contributed by atoms with van der Waals surface area (Å²) in [5, 5.41) is 0. The van der Waals surface area contributed by atoms with Gasteiger partial charge in [-0.15, -0.1) is 0 Å². The number of ketones is 1. The van der Waals surface area contributed by atoms with Gasteiger partial charge in [0.1, 0.15) is 5.78 Å². The van der Waals surface area contributed by atoms with Crippen molar-refractivity contribution in [3.63, 3.8) is 0 Å². The Morgan fingerprint density at radius 3 is 2.50 bits per heavy atom. The molecular formula is C25H38O3. The van der Waals surface area contributed by atoms with Crippen LogP contribution in [0, 0.1) is 46.3 Å². The van der Waals surface area contributed by atoms with Gasteiger partial charge in [0, 0.05) is 12.8 Å². The van der Waals surface area contributed by atoms with Crippen LogP contribution in [0.25, 0.3) is 0 Å². The van der Waals surface area contributed by atoms with E-state index in [1.807, 2.05) is 0 Å². The van der Waals surface area contributed by atoms with Crippen molar-refractivity contribution in [2.45, 2.75) is 90.9 Å². The van der Waals surface area contributed by atoms with Crippen molar-refractivity contribution in [3.8, 4) is 0 Å². The number of carbonyl (C=O) groups is 2. The number of esters is 1. The Morgan fingerprint density at radius 2 is 1.71 bits per heavy atom. The summed E-state index contributed by atoms with van der Waals surface area (Å²) < 4.78 is 5.19. The topological polar surface area (TPSA) is 43.4 Å². The van der Waals surface area contributed by atoms with Crippen LogP contribution in [-0.2, 0) is 14.3 Å². The van der Waals surface area contributed by atoms with Crippen molar-refractivity contribution < 1.29 is 14.3 Å². The van der Waals surface area contributed by atoms with Gasteiger partial charge in [0.25, 0.3) is 0 Å². The number of hydrogen-bond donors (Lipinski definition) is 0. The van der Waals surface area contributed by atoms with Gasteiger partial charge in [-0.25, -0.2) is 0 Å². The van der Waals surface area contributed by atoms with E-state index in [9.17, 15) is 9.59 Å². The maximum absolute atomic E-state index is 12.1. The van der Waals surface area contributed by atoms with Crippen LogP contribution in [0.5, 0.6) is 0 Å². The fourth-order valence-electron chi connectivity index (χ4n) is 8.83. The Morgan fingerprint density at radius 1 is 0.893 bits per heavy atom. The van der Waals surface area contributed by atoms with E-state index in [4.69, 9.17) is 4.74 Å². The molecule has 4 aliphatic carbocycles. The molecule has 3 heteroatoms. The highest BCUT2D eigenvalue weighted by Gasteiger charge is 2.59. The summed E-state index contributed by atoms with van der Waals surface area (Å²) in [6.45, 7) is 5.78. The van der Waals surface area contributed by atoms with E-state index in [1.54, 1.807) is 0 Å². The van der Waals surface area contributed by atoms with Crippen LogP contribution in [0.4, 0.5) is 0 Å². The summed E-state index contributed by atoms with van der Waals surface area (Å²) in [5.74, 6) is 4.82. The summed E-state index contributed by atoms with van der Waals surface area (Å²) in [5.41, 5.74) is 0.904. The van der Waals surface area contributed by atoms with Crippen molar-refractivity contribution in [2.75, 3.05) is 6.61 Å². The zero-order valence-electron chi connectivity index (χ0n) is 17.9. The number of fused-ring (bicyclic) bond motifs is 5. The van der Waals surface area contributed by atoms with Gasteiger partial charge in [-0.3, -0.25) is 9.59 Å². The Labute approximate surface area is 170 Å². The molecule has 0 N–H and O–H groups in total. The van der Waals surface area contributed by atoms with E-state index in [-0.39, 0.29) is 11.9 Å². The first-order chi connectivity index (χ1) is 13.4. The van der Waals surface area contributed by atoms with Gasteiger partial charge in [0.2, 0.25) is 0 Å². The van der Waals surface area contributed by atoms with Crippen LogP contribution < -0.4 is 0 Å². The zero-order valence-corrected chi connectivity index (χ0v) is 17.9. The second-order valence-electron chi connectivity index (χ2n) is 11.4. The third-order valence-corrected chi connectivity index (χ3v) is 10.6. The summed E-state index contributed by atoms with van der Waals surface area (Å²) in [4.78, 5) is 23.9. The molecule has 0 amide bonds. The SMILES string of the molecule is CC12CCC3C(CCC4CC(=O)CCC43C)C1CCC2CCC1CCOC1=O. The van der Waals surface area contributed by atoms with Crippen LogP contribution in [0.2, 0.25) is 0 Å². The second-order valence-corrected chi connectivity index (χ2v) is 11.4. The summed E-state index contributed by atoms with van der Waals surface area (Å²) in [6, 6.07) is 0. The predicted octanol–water partition coefficient (Wildman–Crippen LogP) is 5.56. The molecule has 5 aliphatic rings. The summed E-state index contributed by atoms with van der Waals surface area (Å²) in [7, 11) is 0. The van der Waals surface area contributed by atoms with Crippen molar-refractivity contribution in [1.29, 1.82) is 0 Å². The lowest BCUT2D eigenvalue weighted by molar-refractivity contribution is -0.141. The molecule has 3 nitrogen and oxygen atoms in total. The maximum Gasteiger partial charge on any atom is 0.309 e. The second kappa shape index (κ2) is 6.84. The normalized spacial score (nSPS) is 50.6. The minimum Gasteiger partial charge on any atom is -0.465 e. The monoisotopic (exact) mass is 386 g/mol. The Balaban J connectivity index is 1.30. The molecule has 5 fully saturated rings. The van der Waals surface area contributed by atoms with Crippen molar-refractivity contribution in [2.24, 2.45) is 46.3 Å². The first-order valence-corrected chi connectivity index (χ1v) is 12.1. The lowest BCUT2D eigenvalue weighted by atomic mass is 9.44. The molecule has 0 spiro atoms. The summed E-state index contributed by atoms with van der Waals surface area (Å²) >= 11 is 0. The van der Waals surface area contributed by atoms with Crippen molar-refractivity contribution >= 4 is 11.8 Å². The van der Waals surface area contributed by atoms with Gasteiger partial charge in [-0.05, 0) is 105 Å². The van der Waals surface area contributed by atoms with Gasteiger partial charge < -0.3 is 4.74 Å². The molecule has 0 aromatic heterocycles. The number of carbonyl (C=O) groups excluding carboxylic acids is 2. The molecule has 0 radical (unpaired) electrons. The third-order valence-electron chi connectivity index (χ3n) is 10.6. The van der Waals surface area contributed by atoms with Gasteiger partial charge in [0.15, 0.2) is 0 Å². The van der Waals surface area contributed by atoms with Gasteiger partial charge >= 0.3 is 5.97 Å². The average molecular weight is 387 g/mol. The standard InChI is InChI=1S/C25H38O3/c1-24-13-10-22-20(7-5-18-15-19(26)9-12-25(18,22)2)21(24)8-6-17(24)4-3-16-11-14-28-23(16)27/h16-18,20-22H,3-15H2,1-2H3. The fourth-order valence-corrected chi connectivity index (χ4v) is 8.83. The molecule has 0 aromatic carbocycles. The molecular weight excluding hydrogens is 348 g/mol. The van der Waals surface area contributed by atoms with E-state index in [0.29, 0.717) is 29.1 Å². The van der Waals surface area contributed by atoms with Crippen LogP contribution in [0.15, 0.2) is 0 Å². The van der Waals surface area contributed by atoms with Gasteiger partial charge in [-0.2, -0.15) is 0 Å².